The molecule has 1 unspecified atom stereocenters. The zero-order chi connectivity index (χ0) is 21.2. The standard InChI is InChI=1S/C17H21N3O6S3/c1-10(21)19-17-18-9-15(28-17)29(22,23)20-5-6-27-16(20)11-7-13(25-3)14(26-4)8-12(11)24-2/h7-9,16H,5-6H2,1-4H3,(H,18,19,21). The summed E-state index contributed by atoms with van der Waals surface area (Å²) < 4.78 is 44.2. The quantitative estimate of drug-likeness (QED) is 0.673. The Balaban J connectivity index is 1.99. The SMILES string of the molecule is COc1cc(OC)c(C2SCCN2S(=O)(=O)c2cnc(NC(C)=O)s2)cc1OC. The second-order valence-electron chi connectivity index (χ2n) is 5.95. The van der Waals surface area contributed by atoms with Crippen molar-refractivity contribution in [3.8, 4) is 17.2 Å². The molecule has 1 aromatic heterocycles. The monoisotopic (exact) mass is 459 g/mol. The number of nitrogens with zero attached hydrogens (tertiary/aromatic N) is 2. The maximum atomic E-state index is 13.3. The number of amides is 1. The first-order chi connectivity index (χ1) is 13.8. The Morgan fingerprint density at radius 2 is 1.83 bits per heavy atom. The molecule has 1 saturated heterocycles. The van der Waals surface area contributed by atoms with Gasteiger partial charge in [-0.3, -0.25) is 4.79 Å². The van der Waals surface area contributed by atoms with E-state index in [1.54, 1.807) is 12.1 Å². The predicted molar refractivity (Wildman–Crippen MR) is 112 cm³/mol. The van der Waals surface area contributed by atoms with Crippen LogP contribution >= 0.6 is 23.1 Å². The van der Waals surface area contributed by atoms with Crippen molar-refractivity contribution in [1.29, 1.82) is 0 Å². The number of hydrogen-bond acceptors (Lipinski definition) is 9. The third kappa shape index (κ3) is 4.29. The number of anilines is 1. The topological polar surface area (TPSA) is 107 Å². The van der Waals surface area contributed by atoms with Gasteiger partial charge in [-0.1, -0.05) is 11.3 Å². The van der Waals surface area contributed by atoms with Gasteiger partial charge in [0.25, 0.3) is 10.0 Å². The number of thioether (sulfide) groups is 1. The van der Waals surface area contributed by atoms with Gasteiger partial charge in [-0.25, -0.2) is 13.4 Å². The van der Waals surface area contributed by atoms with Crippen molar-refractivity contribution in [2.24, 2.45) is 0 Å². The molecule has 0 radical (unpaired) electrons. The molecule has 1 N–H and O–H groups in total. The number of thiazole rings is 1. The van der Waals surface area contributed by atoms with Gasteiger partial charge in [0.1, 0.15) is 5.75 Å². The van der Waals surface area contributed by atoms with Gasteiger partial charge in [0.15, 0.2) is 20.8 Å². The molecule has 0 aliphatic carbocycles. The predicted octanol–water partition coefficient (Wildman–Crippen LogP) is 2.56. The third-order valence-corrected chi connectivity index (χ3v) is 8.77. The fraction of sp³-hybridized carbons (Fsp3) is 0.412. The van der Waals surface area contributed by atoms with Crippen molar-refractivity contribution >= 4 is 44.2 Å². The van der Waals surface area contributed by atoms with Crippen LogP contribution in [0.2, 0.25) is 0 Å². The molecule has 3 rings (SSSR count). The van der Waals surface area contributed by atoms with Crippen LogP contribution in [-0.4, -0.2) is 57.2 Å². The fourth-order valence-electron chi connectivity index (χ4n) is 2.89. The van der Waals surface area contributed by atoms with Crippen LogP contribution in [-0.2, 0) is 14.8 Å². The van der Waals surface area contributed by atoms with E-state index >= 15 is 0 Å². The number of carbonyl (C=O) groups is 1. The van der Waals surface area contributed by atoms with Gasteiger partial charge < -0.3 is 19.5 Å². The van der Waals surface area contributed by atoms with Crippen LogP contribution in [0.25, 0.3) is 0 Å². The summed E-state index contributed by atoms with van der Waals surface area (Å²) in [6.45, 7) is 1.68. The van der Waals surface area contributed by atoms with Crippen LogP contribution in [0.4, 0.5) is 5.13 Å². The highest BCUT2D eigenvalue weighted by Crippen LogP contribution is 2.48. The minimum atomic E-state index is -3.82. The summed E-state index contributed by atoms with van der Waals surface area (Å²) in [5.41, 5.74) is 0.669. The van der Waals surface area contributed by atoms with Crippen LogP contribution in [0.5, 0.6) is 17.2 Å². The molecule has 1 aliphatic heterocycles. The molecule has 1 fully saturated rings. The normalized spacial score (nSPS) is 17.2. The molecule has 2 aromatic rings. The molecule has 0 bridgehead atoms. The number of ether oxygens (including phenoxy) is 3. The van der Waals surface area contributed by atoms with E-state index in [0.29, 0.717) is 35.1 Å². The molecule has 2 heterocycles. The molecule has 0 spiro atoms. The minimum Gasteiger partial charge on any atom is -0.496 e. The van der Waals surface area contributed by atoms with Crippen LogP contribution in [0.15, 0.2) is 22.5 Å². The van der Waals surface area contributed by atoms with E-state index in [1.807, 2.05) is 0 Å². The molecule has 9 nitrogen and oxygen atoms in total. The number of methoxy groups -OCH3 is 3. The summed E-state index contributed by atoms with van der Waals surface area (Å²) in [7, 11) is 0.740. The molecule has 29 heavy (non-hydrogen) atoms. The van der Waals surface area contributed by atoms with Gasteiger partial charge in [-0.05, 0) is 6.07 Å². The Morgan fingerprint density at radius 3 is 2.45 bits per heavy atom. The van der Waals surface area contributed by atoms with Crippen molar-refractivity contribution in [2.45, 2.75) is 16.5 Å². The summed E-state index contributed by atoms with van der Waals surface area (Å²) in [6, 6.07) is 3.41. The maximum Gasteiger partial charge on any atom is 0.255 e. The number of aromatic nitrogens is 1. The first-order valence-electron chi connectivity index (χ1n) is 8.48. The average Bonchev–Trinajstić information content (AvgIpc) is 3.36. The third-order valence-electron chi connectivity index (χ3n) is 4.18. The van der Waals surface area contributed by atoms with Gasteiger partial charge in [0, 0.05) is 30.9 Å². The van der Waals surface area contributed by atoms with Crippen molar-refractivity contribution in [1.82, 2.24) is 9.29 Å². The van der Waals surface area contributed by atoms with Crippen molar-refractivity contribution in [2.75, 3.05) is 38.9 Å². The van der Waals surface area contributed by atoms with E-state index in [-0.39, 0.29) is 15.2 Å². The highest BCUT2D eigenvalue weighted by molar-refractivity contribution is 8.01. The average molecular weight is 460 g/mol. The highest BCUT2D eigenvalue weighted by Gasteiger charge is 2.39. The van der Waals surface area contributed by atoms with Gasteiger partial charge >= 0.3 is 0 Å². The molecule has 1 amide bonds. The number of hydrogen-bond donors (Lipinski definition) is 1. The smallest absolute Gasteiger partial charge is 0.255 e. The summed E-state index contributed by atoms with van der Waals surface area (Å²) in [6.07, 6.45) is 1.26. The number of nitrogens with one attached hydrogen (secondary N) is 1. The molecular formula is C17H21N3O6S3. The highest BCUT2D eigenvalue weighted by atomic mass is 32.2. The largest absolute Gasteiger partial charge is 0.496 e. The Labute approximate surface area is 177 Å². The first kappa shape index (κ1) is 21.7. The van der Waals surface area contributed by atoms with Crippen molar-refractivity contribution in [3.05, 3.63) is 23.9 Å². The van der Waals surface area contributed by atoms with Crippen molar-refractivity contribution < 1.29 is 27.4 Å². The van der Waals surface area contributed by atoms with Crippen LogP contribution in [0.3, 0.4) is 0 Å². The van der Waals surface area contributed by atoms with E-state index < -0.39 is 15.4 Å². The van der Waals surface area contributed by atoms with E-state index in [9.17, 15) is 13.2 Å². The van der Waals surface area contributed by atoms with E-state index in [0.717, 1.165) is 11.3 Å². The number of sulfonamides is 1. The molecule has 1 aromatic carbocycles. The van der Waals surface area contributed by atoms with Gasteiger partial charge in [0.2, 0.25) is 5.91 Å². The molecule has 158 valence electrons. The second-order valence-corrected chi connectivity index (χ2v) is 10.3. The summed E-state index contributed by atoms with van der Waals surface area (Å²) in [4.78, 5) is 15.2. The lowest BCUT2D eigenvalue weighted by molar-refractivity contribution is -0.114. The molecule has 1 atom stereocenters. The van der Waals surface area contributed by atoms with E-state index in [2.05, 4.69) is 10.3 Å². The maximum absolute atomic E-state index is 13.3. The number of carbonyl (C=O) groups excluding carboxylic acids is 1. The molecule has 12 heteroatoms. The molecular weight excluding hydrogens is 438 g/mol. The zero-order valence-electron chi connectivity index (χ0n) is 16.3. The lowest BCUT2D eigenvalue weighted by atomic mass is 10.1. The Hall–Kier alpha value is -2.02. The Morgan fingerprint density at radius 1 is 1.17 bits per heavy atom. The molecule has 0 saturated carbocycles. The minimum absolute atomic E-state index is 0.0631. The first-order valence-corrected chi connectivity index (χ1v) is 11.8. The van der Waals surface area contributed by atoms with Gasteiger partial charge in [-0.2, -0.15) is 4.31 Å². The fourth-order valence-corrected chi connectivity index (χ4v) is 7.35. The lowest BCUT2D eigenvalue weighted by Crippen LogP contribution is -2.30. The number of rotatable bonds is 7. The number of benzene rings is 1. The molecule has 1 aliphatic rings. The van der Waals surface area contributed by atoms with Gasteiger partial charge in [-0.15, -0.1) is 11.8 Å². The Bertz CT molecular complexity index is 1010. The van der Waals surface area contributed by atoms with E-state index in [4.69, 9.17) is 14.2 Å². The summed E-state index contributed by atoms with van der Waals surface area (Å²) in [5, 5.41) is 2.25. The van der Waals surface area contributed by atoms with Crippen LogP contribution < -0.4 is 19.5 Å². The van der Waals surface area contributed by atoms with Gasteiger partial charge in [0.05, 0.1) is 32.9 Å². The van der Waals surface area contributed by atoms with Crippen molar-refractivity contribution in [3.63, 3.8) is 0 Å². The lowest BCUT2D eigenvalue weighted by Gasteiger charge is -2.25. The van der Waals surface area contributed by atoms with Crippen LogP contribution in [0.1, 0.15) is 17.9 Å². The Kier molecular flexibility index (Phi) is 6.56. The summed E-state index contributed by atoms with van der Waals surface area (Å²) in [5.74, 6) is 1.80. The second kappa shape index (κ2) is 8.78. The van der Waals surface area contributed by atoms with E-state index in [1.165, 1.54) is 50.5 Å². The van der Waals surface area contributed by atoms with Crippen LogP contribution in [0, 0.1) is 0 Å². The summed E-state index contributed by atoms with van der Waals surface area (Å²) >= 11 is 2.41. The zero-order valence-corrected chi connectivity index (χ0v) is 18.7.